The van der Waals surface area contributed by atoms with Crippen molar-refractivity contribution in [2.24, 2.45) is 0 Å². The van der Waals surface area contributed by atoms with E-state index in [2.05, 4.69) is 23.5 Å². The van der Waals surface area contributed by atoms with Gasteiger partial charge in [-0.3, -0.25) is 0 Å². The predicted molar refractivity (Wildman–Crippen MR) is 113 cm³/mol. The second-order valence-corrected chi connectivity index (χ2v) is 7.95. The normalized spacial score (nSPS) is 33.3. The first-order chi connectivity index (χ1) is 13.6. The van der Waals surface area contributed by atoms with E-state index in [0.717, 1.165) is 19.5 Å². The van der Waals surface area contributed by atoms with Gasteiger partial charge in [-0.25, -0.2) is 0 Å². The van der Waals surface area contributed by atoms with Crippen LogP contribution in [-0.4, -0.2) is 59.1 Å². The van der Waals surface area contributed by atoms with E-state index in [0.29, 0.717) is 30.2 Å². The van der Waals surface area contributed by atoms with Crippen LogP contribution in [0.5, 0.6) is 0 Å². The van der Waals surface area contributed by atoms with Crippen molar-refractivity contribution in [1.82, 2.24) is 0 Å². The van der Waals surface area contributed by atoms with Gasteiger partial charge in [0.1, 0.15) is 0 Å². The Bertz CT molecular complexity index is 567. The molecule has 0 saturated carbocycles. The van der Waals surface area contributed by atoms with Gasteiger partial charge in [0.05, 0.1) is 0 Å². The average Bonchev–Trinajstić information content (AvgIpc) is 2.75. The van der Waals surface area contributed by atoms with Crippen LogP contribution in [0.25, 0.3) is 21.3 Å². The molecule has 9 nitrogen and oxygen atoms in total. The molecule has 3 saturated heterocycles. The third-order valence-corrected chi connectivity index (χ3v) is 6.02. The number of hydrogen-bond acceptors (Lipinski definition) is 2. The Morgan fingerprint density at radius 1 is 0.933 bits per heavy atom. The van der Waals surface area contributed by atoms with E-state index in [1.807, 2.05) is 0 Å². The minimum atomic E-state index is -1.50. The maximum absolute atomic E-state index is 8.36. The summed E-state index contributed by atoms with van der Waals surface area (Å²) >= 11 is 0. The Balaban J connectivity index is 0.000000692. The number of piperidine rings is 3. The van der Waals surface area contributed by atoms with Crippen LogP contribution < -0.4 is 0 Å². The molecule has 4 rings (SSSR count). The van der Waals surface area contributed by atoms with Crippen molar-refractivity contribution in [1.29, 1.82) is 0 Å². The van der Waals surface area contributed by atoms with E-state index in [1.165, 1.54) is 57.1 Å². The summed E-state index contributed by atoms with van der Waals surface area (Å²) in [6, 6.07) is 2.13. The molecule has 3 fully saturated rings. The van der Waals surface area contributed by atoms with Gasteiger partial charge in [-0.05, 0) is 0 Å². The van der Waals surface area contributed by atoms with E-state index in [9.17, 15) is 0 Å². The fourth-order valence-electron chi connectivity index (χ4n) is 4.71. The third kappa shape index (κ3) is 8.17. The van der Waals surface area contributed by atoms with Gasteiger partial charge in [-0.2, -0.15) is 29.9 Å². The molecule has 0 aliphatic carbocycles. The molecular weight excluding hydrogens is 438 g/mol. The van der Waals surface area contributed by atoms with Crippen LogP contribution in [0.15, 0.2) is 23.9 Å². The minimum Gasteiger partial charge on any atom is -0.686 e. The molecule has 0 aromatic heterocycles. The Labute approximate surface area is 189 Å². The number of allylic oxidation sites excluding steroid dienone is 2. The quantitative estimate of drug-likeness (QED) is 0.374. The standard InChI is InChI=1S/C20H30N4.Cu.HNO3.H2O/c1-3-13-21-15(7-1)17-9-5-11-19(23-17)20-12-6-10-18(24-20)16-8-2-4-14-22-16;;2-1(3)4;/h1,3,7,16-20H,2,4-6,8-14H2;;(H,2,3,4);1H2/q-4;+1;;. The molecule has 0 radical (unpaired) electrons. The average molecular weight is 471 g/mol. The van der Waals surface area contributed by atoms with E-state index >= 15 is 0 Å². The van der Waals surface area contributed by atoms with Crippen molar-refractivity contribution in [2.75, 3.05) is 13.1 Å². The van der Waals surface area contributed by atoms with Crippen molar-refractivity contribution in [3.63, 3.8) is 0 Å². The molecule has 4 heterocycles. The summed E-state index contributed by atoms with van der Waals surface area (Å²) in [4.78, 5) is 8.36. The van der Waals surface area contributed by atoms with Gasteiger partial charge in [0.2, 0.25) is 0 Å². The molecule has 4 aliphatic heterocycles. The topological polar surface area (TPSA) is 151 Å². The van der Waals surface area contributed by atoms with Crippen LogP contribution in [-0.2, 0) is 17.1 Å². The number of rotatable bonds is 3. The van der Waals surface area contributed by atoms with Crippen molar-refractivity contribution in [3.05, 3.63) is 55.3 Å². The second-order valence-electron chi connectivity index (χ2n) is 7.95. The number of hydrogen-bond donors (Lipinski definition) is 1. The maximum Gasteiger partial charge on any atom is 1.00 e. The van der Waals surface area contributed by atoms with Gasteiger partial charge < -0.3 is 32.0 Å². The van der Waals surface area contributed by atoms with Gasteiger partial charge in [0.25, 0.3) is 5.09 Å². The van der Waals surface area contributed by atoms with Crippen LogP contribution in [0.4, 0.5) is 0 Å². The molecule has 0 amide bonds. The first-order valence-electron chi connectivity index (χ1n) is 10.6. The molecule has 0 aromatic carbocycles. The minimum absolute atomic E-state index is 0. The first kappa shape index (κ1) is 26.9. The fourth-order valence-corrected chi connectivity index (χ4v) is 4.71. The molecule has 5 unspecified atom stereocenters. The van der Waals surface area contributed by atoms with Crippen LogP contribution in [0.1, 0.15) is 57.8 Å². The summed E-state index contributed by atoms with van der Waals surface area (Å²) in [5.74, 6) is 0. The summed E-state index contributed by atoms with van der Waals surface area (Å²) in [6.07, 6.45) is 17.7. The summed E-state index contributed by atoms with van der Waals surface area (Å²) in [7, 11) is 0. The molecule has 3 N–H and O–H groups in total. The molecule has 5 atom stereocenters. The summed E-state index contributed by atoms with van der Waals surface area (Å²) in [5, 5.41) is 33.6. The molecule has 4 aliphatic rings. The monoisotopic (exact) mass is 470 g/mol. The molecule has 0 bridgehead atoms. The molecule has 10 heteroatoms. The SMILES string of the molecule is C1=CC[N-]C(C2CCCC(C3CCCC(C4CCCC[N-]4)[N-]3)[N-]2)=C1.O.O=[N+]([O-])O.[Cu+]. The molecule has 0 aromatic rings. The number of nitrogens with zero attached hydrogens (tertiary/aromatic N) is 5. The Hall–Kier alpha value is -1.16. The van der Waals surface area contributed by atoms with Crippen molar-refractivity contribution >= 4 is 0 Å². The van der Waals surface area contributed by atoms with Crippen LogP contribution in [0.3, 0.4) is 0 Å². The summed E-state index contributed by atoms with van der Waals surface area (Å²) in [6.45, 7) is 1.88. The molecule has 0 spiro atoms. The van der Waals surface area contributed by atoms with E-state index in [1.54, 1.807) is 0 Å². The fraction of sp³-hybridized carbons (Fsp3) is 0.800. The molecule has 30 heavy (non-hydrogen) atoms. The maximum atomic E-state index is 8.36. The van der Waals surface area contributed by atoms with Gasteiger partial charge in [0, 0.05) is 0 Å². The van der Waals surface area contributed by atoms with Crippen LogP contribution in [0.2, 0.25) is 0 Å². The zero-order valence-electron chi connectivity index (χ0n) is 17.2. The van der Waals surface area contributed by atoms with Gasteiger partial charge in [-0.15, -0.1) is 35.3 Å². The summed E-state index contributed by atoms with van der Waals surface area (Å²) < 4.78 is 0. The van der Waals surface area contributed by atoms with Crippen molar-refractivity contribution in [2.45, 2.75) is 88.0 Å². The first-order valence-corrected chi connectivity index (χ1v) is 10.6. The molecular formula is C20H33CuN5O4-3. The third-order valence-electron chi connectivity index (χ3n) is 6.02. The Morgan fingerprint density at radius 3 is 2.13 bits per heavy atom. The van der Waals surface area contributed by atoms with Crippen molar-refractivity contribution in [3.8, 4) is 0 Å². The smallest absolute Gasteiger partial charge is 0.686 e. The van der Waals surface area contributed by atoms with E-state index in [-0.39, 0.29) is 22.5 Å². The van der Waals surface area contributed by atoms with Crippen LogP contribution >= 0.6 is 0 Å². The largest absolute Gasteiger partial charge is 1.00 e. The van der Waals surface area contributed by atoms with Crippen molar-refractivity contribution < 1.29 is 32.8 Å². The van der Waals surface area contributed by atoms with Crippen LogP contribution in [0, 0.1) is 10.1 Å². The Kier molecular flexibility index (Phi) is 12.5. The molecule has 176 valence electrons. The zero-order valence-corrected chi connectivity index (χ0v) is 18.1. The summed E-state index contributed by atoms with van der Waals surface area (Å²) in [5.41, 5.74) is 1.19. The van der Waals surface area contributed by atoms with Gasteiger partial charge >= 0.3 is 17.1 Å². The van der Waals surface area contributed by atoms with E-state index in [4.69, 9.17) is 31.3 Å². The van der Waals surface area contributed by atoms with E-state index < -0.39 is 5.09 Å². The second kappa shape index (κ2) is 14.0. The van der Waals surface area contributed by atoms with Gasteiger partial charge in [0.15, 0.2) is 0 Å². The Morgan fingerprint density at radius 2 is 1.53 bits per heavy atom. The predicted octanol–water partition coefficient (Wildman–Crippen LogP) is 4.15. The van der Waals surface area contributed by atoms with Gasteiger partial charge in [-0.1, -0.05) is 69.9 Å². The zero-order chi connectivity index (χ0) is 19.8.